The fourth-order valence-corrected chi connectivity index (χ4v) is 2.83. The maximum atomic E-state index is 11.0. The molecule has 0 saturated heterocycles. The van der Waals surface area contributed by atoms with Gasteiger partial charge in [0.2, 0.25) is 0 Å². The van der Waals surface area contributed by atoms with Crippen LogP contribution in [0, 0.1) is 0 Å². The SMILES string of the molecule is C[C@@H](N)c1cc(-c2cccc(COc3ccccc3CC(=O)O)c2)ccn1. The molecule has 0 aliphatic carbocycles. The van der Waals surface area contributed by atoms with Crippen molar-refractivity contribution in [1.29, 1.82) is 0 Å². The topological polar surface area (TPSA) is 85.4 Å². The molecule has 3 rings (SSSR count). The highest BCUT2D eigenvalue weighted by molar-refractivity contribution is 5.71. The number of para-hydroxylation sites is 1. The summed E-state index contributed by atoms with van der Waals surface area (Å²) < 4.78 is 5.88. The van der Waals surface area contributed by atoms with E-state index in [0.29, 0.717) is 17.9 Å². The number of carboxylic acid groups (broad SMARTS) is 1. The zero-order valence-electron chi connectivity index (χ0n) is 15.1. The Morgan fingerprint density at radius 1 is 1.11 bits per heavy atom. The number of hydrogen-bond donors (Lipinski definition) is 2. The molecular weight excluding hydrogens is 340 g/mol. The molecule has 0 aliphatic rings. The predicted molar refractivity (Wildman–Crippen MR) is 104 cm³/mol. The van der Waals surface area contributed by atoms with E-state index in [1.165, 1.54) is 0 Å². The third kappa shape index (κ3) is 4.92. The minimum atomic E-state index is -0.879. The summed E-state index contributed by atoms with van der Waals surface area (Å²) in [5, 5.41) is 9.03. The highest BCUT2D eigenvalue weighted by Gasteiger charge is 2.08. The smallest absolute Gasteiger partial charge is 0.307 e. The lowest BCUT2D eigenvalue weighted by molar-refractivity contribution is -0.136. The van der Waals surface area contributed by atoms with E-state index in [-0.39, 0.29) is 12.5 Å². The normalized spacial score (nSPS) is 11.8. The van der Waals surface area contributed by atoms with Gasteiger partial charge >= 0.3 is 5.97 Å². The molecular formula is C22H22N2O3. The van der Waals surface area contributed by atoms with Crippen molar-refractivity contribution in [2.24, 2.45) is 5.73 Å². The fourth-order valence-electron chi connectivity index (χ4n) is 2.83. The third-order valence-corrected chi connectivity index (χ3v) is 4.22. The number of pyridine rings is 1. The first kappa shape index (κ1) is 18.6. The number of ether oxygens (including phenoxy) is 1. The molecule has 5 heteroatoms. The van der Waals surface area contributed by atoms with Crippen molar-refractivity contribution in [3.8, 4) is 16.9 Å². The van der Waals surface area contributed by atoms with Crippen molar-refractivity contribution >= 4 is 5.97 Å². The largest absolute Gasteiger partial charge is 0.489 e. The molecule has 0 fully saturated rings. The molecule has 3 N–H and O–H groups in total. The van der Waals surface area contributed by atoms with Gasteiger partial charge in [-0.15, -0.1) is 0 Å². The van der Waals surface area contributed by atoms with E-state index >= 15 is 0 Å². The number of carbonyl (C=O) groups is 1. The Labute approximate surface area is 158 Å². The van der Waals surface area contributed by atoms with Crippen molar-refractivity contribution in [3.63, 3.8) is 0 Å². The van der Waals surface area contributed by atoms with Gasteiger partial charge in [0, 0.05) is 17.8 Å². The molecule has 0 saturated carbocycles. The summed E-state index contributed by atoms with van der Waals surface area (Å²) in [5.74, 6) is -0.288. The second-order valence-corrected chi connectivity index (χ2v) is 6.43. The van der Waals surface area contributed by atoms with Gasteiger partial charge in [0.1, 0.15) is 12.4 Å². The molecule has 0 spiro atoms. The number of nitrogens with zero attached hydrogens (tertiary/aromatic N) is 1. The Morgan fingerprint density at radius 2 is 1.89 bits per heavy atom. The molecule has 1 aromatic heterocycles. The molecule has 0 unspecified atom stereocenters. The van der Waals surface area contributed by atoms with Crippen LogP contribution < -0.4 is 10.5 Å². The van der Waals surface area contributed by atoms with Gasteiger partial charge in [0.05, 0.1) is 12.1 Å². The van der Waals surface area contributed by atoms with E-state index < -0.39 is 5.97 Å². The summed E-state index contributed by atoms with van der Waals surface area (Å²) >= 11 is 0. The number of benzene rings is 2. The number of nitrogens with two attached hydrogens (primary N) is 1. The summed E-state index contributed by atoms with van der Waals surface area (Å²) in [7, 11) is 0. The minimum Gasteiger partial charge on any atom is -0.489 e. The number of aliphatic carboxylic acids is 1. The van der Waals surface area contributed by atoms with Gasteiger partial charge in [-0.25, -0.2) is 0 Å². The van der Waals surface area contributed by atoms with Crippen molar-refractivity contribution in [1.82, 2.24) is 4.98 Å². The first-order chi connectivity index (χ1) is 13.0. The second kappa shape index (κ2) is 8.47. The highest BCUT2D eigenvalue weighted by atomic mass is 16.5. The van der Waals surface area contributed by atoms with Crippen LogP contribution in [0.1, 0.15) is 29.8 Å². The molecule has 0 amide bonds. The molecule has 2 aromatic carbocycles. The molecule has 5 nitrogen and oxygen atoms in total. The highest BCUT2D eigenvalue weighted by Crippen LogP contribution is 2.24. The zero-order chi connectivity index (χ0) is 19.2. The maximum absolute atomic E-state index is 11.0. The monoisotopic (exact) mass is 362 g/mol. The molecule has 1 heterocycles. The van der Waals surface area contributed by atoms with Gasteiger partial charge in [-0.3, -0.25) is 9.78 Å². The van der Waals surface area contributed by atoms with E-state index in [2.05, 4.69) is 11.1 Å². The molecule has 0 aliphatic heterocycles. The summed E-state index contributed by atoms with van der Waals surface area (Å²) in [6, 6.07) is 19.1. The van der Waals surface area contributed by atoms with E-state index in [0.717, 1.165) is 22.4 Å². The lowest BCUT2D eigenvalue weighted by Gasteiger charge is -2.12. The van der Waals surface area contributed by atoms with Gasteiger partial charge in [0.25, 0.3) is 0 Å². The molecule has 27 heavy (non-hydrogen) atoms. The van der Waals surface area contributed by atoms with Crippen molar-refractivity contribution in [2.45, 2.75) is 26.0 Å². The fraction of sp³-hybridized carbons (Fsp3) is 0.182. The standard InChI is InChI=1S/C22H22N2O3/c1-15(23)20-12-18(9-10-24-20)17-7-4-5-16(11-17)14-27-21-8-3-2-6-19(21)13-22(25)26/h2-12,15H,13-14,23H2,1H3,(H,25,26)/t15-/m1/s1. The Bertz CT molecular complexity index is 938. The summed E-state index contributed by atoms with van der Waals surface area (Å²) in [5.41, 5.74) is 10.5. The molecule has 0 bridgehead atoms. The Balaban J connectivity index is 1.77. The minimum absolute atomic E-state index is 0.0622. The lowest BCUT2D eigenvalue weighted by Crippen LogP contribution is -2.07. The van der Waals surface area contributed by atoms with Crippen LogP contribution >= 0.6 is 0 Å². The van der Waals surface area contributed by atoms with Crippen LogP contribution in [0.15, 0.2) is 66.9 Å². The average Bonchev–Trinajstić information content (AvgIpc) is 2.67. The van der Waals surface area contributed by atoms with Crippen LogP contribution in [0.5, 0.6) is 5.75 Å². The van der Waals surface area contributed by atoms with Gasteiger partial charge in [-0.1, -0.05) is 36.4 Å². The van der Waals surface area contributed by atoms with Crippen LogP contribution in [-0.4, -0.2) is 16.1 Å². The first-order valence-corrected chi connectivity index (χ1v) is 8.76. The van der Waals surface area contributed by atoms with Crippen molar-refractivity contribution < 1.29 is 14.6 Å². The molecule has 1 atom stereocenters. The van der Waals surface area contributed by atoms with Crippen molar-refractivity contribution in [3.05, 3.63) is 83.7 Å². The lowest BCUT2D eigenvalue weighted by atomic mass is 10.0. The van der Waals surface area contributed by atoms with E-state index in [1.54, 1.807) is 18.3 Å². The number of rotatable bonds is 7. The second-order valence-electron chi connectivity index (χ2n) is 6.43. The number of carboxylic acids is 1. The first-order valence-electron chi connectivity index (χ1n) is 8.76. The van der Waals surface area contributed by atoms with Crippen LogP contribution in [0.25, 0.3) is 11.1 Å². The molecule has 138 valence electrons. The maximum Gasteiger partial charge on any atom is 0.307 e. The van der Waals surface area contributed by atoms with E-state index in [9.17, 15) is 4.79 Å². The van der Waals surface area contributed by atoms with Crippen molar-refractivity contribution in [2.75, 3.05) is 0 Å². The quantitative estimate of drug-likeness (QED) is 0.664. The predicted octanol–water partition coefficient (Wildman–Crippen LogP) is 3.97. The van der Waals surface area contributed by atoms with Crippen LogP contribution in [-0.2, 0) is 17.8 Å². The van der Waals surface area contributed by atoms with E-state index in [4.69, 9.17) is 15.6 Å². The summed E-state index contributed by atoms with van der Waals surface area (Å²) in [6.07, 6.45) is 1.70. The zero-order valence-corrected chi connectivity index (χ0v) is 15.1. The van der Waals surface area contributed by atoms with E-state index in [1.807, 2.05) is 49.4 Å². The summed E-state index contributed by atoms with van der Waals surface area (Å²) in [6.45, 7) is 2.26. The molecule has 0 radical (unpaired) electrons. The Hall–Kier alpha value is -3.18. The van der Waals surface area contributed by atoms with Crippen LogP contribution in [0.3, 0.4) is 0 Å². The number of aromatic nitrogens is 1. The van der Waals surface area contributed by atoms with Gasteiger partial charge in [-0.2, -0.15) is 0 Å². The number of hydrogen-bond acceptors (Lipinski definition) is 4. The van der Waals surface area contributed by atoms with Gasteiger partial charge in [0.15, 0.2) is 0 Å². The average molecular weight is 362 g/mol. The van der Waals surface area contributed by atoms with Gasteiger partial charge in [-0.05, 0) is 47.9 Å². The Kier molecular flexibility index (Phi) is 5.84. The third-order valence-electron chi connectivity index (χ3n) is 4.22. The van der Waals surface area contributed by atoms with Crippen LogP contribution in [0.2, 0.25) is 0 Å². The van der Waals surface area contributed by atoms with Crippen LogP contribution in [0.4, 0.5) is 0 Å². The summed E-state index contributed by atoms with van der Waals surface area (Å²) in [4.78, 5) is 15.3. The van der Waals surface area contributed by atoms with Gasteiger partial charge < -0.3 is 15.6 Å². The Morgan fingerprint density at radius 3 is 2.67 bits per heavy atom. The molecule has 3 aromatic rings.